The van der Waals surface area contributed by atoms with Crippen molar-refractivity contribution in [3.8, 4) is 0 Å². The molecule has 58 valence electrons. The highest BCUT2D eigenvalue weighted by atomic mass is 14.1. The van der Waals surface area contributed by atoms with E-state index in [-0.39, 0.29) is 0 Å². The summed E-state index contributed by atoms with van der Waals surface area (Å²) in [6.45, 7) is 2.26. The molecule has 1 aliphatic rings. The van der Waals surface area contributed by atoms with Crippen LogP contribution in [-0.4, -0.2) is 0 Å². The molecule has 0 atom stereocenters. The number of hydrogen-bond acceptors (Lipinski definition) is 0. The predicted octanol–water partition coefficient (Wildman–Crippen LogP) is 3.68. The molecule has 0 bridgehead atoms. The molecule has 0 aliphatic heterocycles. The third-order valence-corrected chi connectivity index (χ3v) is 2.24. The van der Waals surface area contributed by atoms with Crippen LogP contribution in [0.15, 0.2) is 11.6 Å². The van der Waals surface area contributed by atoms with Gasteiger partial charge in [0.2, 0.25) is 0 Å². The van der Waals surface area contributed by atoms with E-state index in [1.54, 1.807) is 5.57 Å². The van der Waals surface area contributed by atoms with Gasteiger partial charge in [-0.1, -0.05) is 31.4 Å². The molecule has 0 unspecified atom stereocenters. The first-order chi connectivity index (χ1) is 4.93. The van der Waals surface area contributed by atoms with Gasteiger partial charge < -0.3 is 0 Å². The maximum Gasteiger partial charge on any atom is -0.0317 e. The van der Waals surface area contributed by atoms with E-state index < -0.39 is 0 Å². The molecule has 1 aliphatic carbocycles. The molecule has 1 saturated carbocycles. The minimum atomic E-state index is 1.34. The van der Waals surface area contributed by atoms with Crippen LogP contribution in [0.25, 0.3) is 0 Å². The molecular formula is C10H18. The van der Waals surface area contributed by atoms with E-state index in [2.05, 4.69) is 13.0 Å². The van der Waals surface area contributed by atoms with Crippen molar-refractivity contribution in [2.75, 3.05) is 0 Å². The van der Waals surface area contributed by atoms with Gasteiger partial charge >= 0.3 is 0 Å². The van der Waals surface area contributed by atoms with Crippen molar-refractivity contribution in [3.63, 3.8) is 0 Å². The topological polar surface area (TPSA) is 0 Å². The fourth-order valence-corrected chi connectivity index (χ4v) is 1.29. The van der Waals surface area contributed by atoms with Crippen molar-refractivity contribution in [2.24, 2.45) is 0 Å². The molecule has 0 radical (unpaired) electrons. The van der Waals surface area contributed by atoms with Crippen molar-refractivity contribution < 1.29 is 0 Å². The minimum Gasteiger partial charge on any atom is -0.0853 e. The van der Waals surface area contributed by atoms with Crippen LogP contribution in [0.1, 0.15) is 51.9 Å². The summed E-state index contributed by atoms with van der Waals surface area (Å²) in [6, 6.07) is 0. The van der Waals surface area contributed by atoms with E-state index in [1.165, 1.54) is 44.9 Å². The maximum absolute atomic E-state index is 2.46. The number of allylic oxidation sites excluding steroid dienone is 2. The first-order valence-electron chi connectivity index (χ1n) is 4.61. The molecule has 0 heterocycles. The fourth-order valence-electron chi connectivity index (χ4n) is 1.29. The summed E-state index contributed by atoms with van der Waals surface area (Å²) < 4.78 is 0. The lowest BCUT2D eigenvalue weighted by molar-refractivity contribution is 0.646. The van der Waals surface area contributed by atoms with E-state index in [4.69, 9.17) is 0 Å². The molecule has 10 heavy (non-hydrogen) atoms. The van der Waals surface area contributed by atoms with Crippen molar-refractivity contribution >= 4 is 0 Å². The lowest BCUT2D eigenvalue weighted by Gasteiger charge is -2.15. The molecule has 1 rings (SSSR count). The van der Waals surface area contributed by atoms with Gasteiger partial charge in [-0.3, -0.25) is 0 Å². The first-order valence-corrected chi connectivity index (χ1v) is 4.61. The summed E-state index contributed by atoms with van der Waals surface area (Å²) in [6.07, 6.45) is 12.2. The van der Waals surface area contributed by atoms with Crippen LogP contribution in [-0.2, 0) is 0 Å². The van der Waals surface area contributed by atoms with Gasteiger partial charge in [0.1, 0.15) is 0 Å². The van der Waals surface area contributed by atoms with Crippen molar-refractivity contribution in [1.82, 2.24) is 0 Å². The summed E-state index contributed by atoms with van der Waals surface area (Å²) >= 11 is 0. The molecule has 0 nitrogen and oxygen atoms in total. The third kappa shape index (κ3) is 2.55. The van der Waals surface area contributed by atoms with E-state index in [0.717, 1.165) is 0 Å². The van der Waals surface area contributed by atoms with Gasteiger partial charge in [-0.25, -0.2) is 0 Å². The highest BCUT2D eigenvalue weighted by molar-refractivity contribution is 5.08. The summed E-state index contributed by atoms with van der Waals surface area (Å²) in [4.78, 5) is 0. The largest absolute Gasteiger partial charge is 0.0853 e. The monoisotopic (exact) mass is 138 g/mol. The van der Waals surface area contributed by atoms with Crippen LogP contribution in [0, 0.1) is 0 Å². The predicted molar refractivity (Wildman–Crippen MR) is 46.1 cm³/mol. The van der Waals surface area contributed by atoms with Crippen molar-refractivity contribution in [3.05, 3.63) is 11.6 Å². The van der Waals surface area contributed by atoms with Crippen LogP contribution in [0.2, 0.25) is 0 Å². The lowest BCUT2D eigenvalue weighted by atomic mass is 9.91. The van der Waals surface area contributed by atoms with Crippen LogP contribution < -0.4 is 0 Å². The molecule has 0 saturated heterocycles. The average molecular weight is 138 g/mol. The molecule has 0 N–H and O–H groups in total. The highest BCUT2D eigenvalue weighted by Crippen LogP contribution is 2.25. The van der Waals surface area contributed by atoms with Crippen LogP contribution in [0.3, 0.4) is 0 Å². The fraction of sp³-hybridized carbons (Fsp3) is 0.800. The lowest BCUT2D eigenvalue weighted by Crippen LogP contribution is -1.95. The van der Waals surface area contributed by atoms with Gasteiger partial charge in [-0.15, -0.1) is 0 Å². The Labute approximate surface area is 64.3 Å². The Morgan fingerprint density at radius 2 is 2.10 bits per heavy atom. The smallest absolute Gasteiger partial charge is 0.0317 e. The molecule has 1 fully saturated rings. The molecule has 0 spiro atoms. The van der Waals surface area contributed by atoms with Gasteiger partial charge in [-0.05, 0) is 32.1 Å². The normalized spacial score (nSPS) is 16.7. The molecule has 0 aromatic heterocycles. The van der Waals surface area contributed by atoms with Crippen LogP contribution in [0.4, 0.5) is 0 Å². The van der Waals surface area contributed by atoms with E-state index in [0.29, 0.717) is 0 Å². The quantitative estimate of drug-likeness (QED) is 0.410. The second-order valence-corrected chi connectivity index (χ2v) is 3.21. The first kappa shape index (κ1) is 7.84. The Bertz CT molecular complexity index is 105. The Kier molecular flexibility index (Phi) is 3.56. The van der Waals surface area contributed by atoms with E-state index >= 15 is 0 Å². The minimum absolute atomic E-state index is 1.34. The Balaban J connectivity index is 1.93. The molecule has 0 aromatic carbocycles. The average Bonchev–Trinajstić information content (AvgIpc) is 1.84. The Morgan fingerprint density at radius 3 is 2.60 bits per heavy atom. The van der Waals surface area contributed by atoms with Crippen molar-refractivity contribution in [1.29, 1.82) is 0 Å². The zero-order valence-electron chi connectivity index (χ0n) is 7.03. The van der Waals surface area contributed by atoms with Gasteiger partial charge in [0, 0.05) is 0 Å². The second kappa shape index (κ2) is 4.54. The number of unbranched alkanes of at least 4 members (excludes halogenated alkanes) is 3. The maximum atomic E-state index is 2.46. The summed E-state index contributed by atoms with van der Waals surface area (Å²) in [5.41, 5.74) is 1.72. The van der Waals surface area contributed by atoms with Gasteiger partial charge in [0.15, 0.2) is 0 Å². The van der Waals surface area contributed by atoms with Gasteiger partial charge in [0.05, 0.1) is 0 Å². The van der Waals surface area contributed by atoms with Crippen LogP contribution >= 0.6 is 0 Å². The molecule has 0 aromatic rings. The van der Waals surface area contributed by atoms with Gasteiger partial charge in [0.25, 0.3) is 0 Å². The van der Waals surface area contributed by atoms with E-state index in [9.17, 15) is 0 Å². The highest BCUT2D eigenvalue weighted by Gasteiger charge is 2.05. The third-order valence-electron chi connectivity index (χ3n) is 2.24. The Morgan fingerprint density at radius 1 is 1.30 bits per heavy atom. The van der Waals surface area contributed by atoms with E-state index in [1.807, 2.05) is 0 Å². The van der Waals surface area contributed by atoms with Crippen LogP contribution in [0.5, 0.6) is 0 Å². The second-order valence-electron chi connectivity index (χ2n) is 3.21. The SMILES string of the molecule is CCCCCC=C1CCC1. The number of rotatable bonds is 4. The van der Waals surface area contributed by atoms with Crippen molar-refractivity contribution in [2.45, 2.75) is 51.9 Å². The molecule has 0 amide bonds. The summed E-state index contributed by atoms with van der Waals surface area (Å²) in [5.74, 6) is 0. The summed E-state index contributed by atoms with van der Waals surface area (Å²) in [5, 5.41) is 0. The zero-order valence-corrected chi connectivity index (χ0v) is 7.03. The number of hydrogen-bond donors (Lipinski definition) is 0. The molecular weight excluding hydrogens is 120 g/mol. The zero-order chi connectivity index (χ0) is 7.23. The Hall–Kier alpha value is -0.260. The summed E-state index contributed by atoms with van der Waals surface area (Å²) in [7, 11) is 0. The molecule has 0 heteroatoms. The standard InChI is InChI=1S/C10H18/c1-2-3-4-5-7-10-8-6-9-10/h7H,2-6,8-9H2,1H3. The van der Waals surface area contributed by atoms with Gasteiger partial charge in [-0.2, -0.15) is 0 Å².